The molecule has 0 amide bonds. The molecule has 3 aromatic rings. The van der Waals surface area contributed by atoms with Gasteiger partial charge in [0.05, 0.1) is 10.5 Å². The number of halogens is 3. The van der Waals surface area contributed by atoms with Gasteiger partial charge in [-0.25, -0.2) is 8.42 Å². The molecule has 1 saturated heterocycles. The number of nitrogens with zero attached hydrogens (tertiary/aromatic N) is 2. The molecule has 0 aromatic heterocycles. The molecule has 4 rings (SSSR count). The van der Waals surface area contributed by atoms with Crippen molar-refractivity contribution in [2.24, 2.45) is 0 Å². The van der Waals surface area contributed by atoms with Crippen LogP contribution in [0.2, 0.25) is 0 Å². The summed E-state index contributed by atoms with van der Waals surface area (Å²) in [6.07, 6.45) is -4.45. The van der Waals surface area contributed by atoms with E-state index in [0.717, 1.165) is 16.8 Å². The molecule has 0 unspecified atom stereocenters. The van der Waals surface area contributed by atoms with E-state index in [1.165, 1.54) is 16.4 Å². The summed E-state index contributed by atoms with van der Waals surface area (Å²) in [5.74, 6) is 0. The van der Waals surface area contributed by atoms with Crippen molar-refractivity contribution in [3.05, 3.63) is 72.3 Å². The summed E-state index contributed by atoms with van der Waals surface area (Å²) in [5.41, 5.74) is -0.617. The van der Waals surface area contributed by atoms with Gasteiger partial charge in [-0.3, -0.25) is 0 Å². The molecular formula is C21H19F3N2O2S. The van der Waals surface area contributed by atoms with Crippen LogP contribution in [0.5, 0.6) is 0 Å². The fourth-order valence-electron chi connectivity index (χ4n) is 3.64. The number of benzene rings is 3. The van der Waals surface area contributed by atoms with Crippen molar-refractivity contribution in [3.63, 3.8) is 0 Å². The molecule has 4 nitrogen and oxygen atoms in total. The number of para-hydroxylation sites is 1. The third-order valence-corrected chi connectivity index (χ3v) is 7.04. The highest BCUT2D eigenvalue weighted by Gasteiger charge is 2.36. The van der Waals surface area contributed by atoms with Gasteiger partial charge in [0.2, 0.25) is 10.0 Å². The summed E-state index contributed by atoms with van der Waals surface area (Å²) >= 11 is 0. The summed E-state index contributed by atoms with van der Waals surface area (Å²) in [4.78, 5) is 1.79. The van der Waals surface area contributed by atoms with Gasteiger partial charge in [-0.05, 0) is 35.0 Å². The van der Waals surface area contributed by atoms with E-state index in [9.17, 15) is 21.6 Å². The zero-order valence-electron chi connectivity index (χ0n) is 15.4. The van der Waals surface area contributed by atoms with E-state index in [4.69, 9.17) is 0 Å². The largest absolute Gasteiger partial charge is 0.418 e. The molecule has 1 fully saturated rings. The quantitative estimate of drug-likeness (QED) is 0.632. The fraction of sp³-hybridized carbons (Fsp3) is 0.238. The van der Waals surface area contributed by atoms with E-state index >= 15 is 0 Å². The molecule has 1 heterocycles. The Balaban J connectivity index is 1.55. The minimum Gasteiger partial charge on any atom is -0.368 e. The van der Waals surface area contributed by atoms with Crippen LogP contribution in [0, 0.1) is 0 Å². The van der Waals surface area contributed by atoms with E-state index in [1.807, 2.05) is 24.3 Å². The Labute approximate surface area is 167 Å². The number of hydrogen-bond acceptors (Lipinski definition) is 3. The number of sulfonamides is 1. The molecule has 0 aliphatic carbocycles. The lowest BCUT2D eigenvalue weighted by Crippen LogP contribution is -2.49. The van der Waals surface area contributed by atoms with Gasteiger partial charge in [-0.15, -0.1) is 0 Å². The first-order valence-electron chi connectivity index (χ1n) is 9.17. The van der Waals surface area contributed by atoms with E-state index in [2.05, 4.69) is 0 Å². The van der Waals surface area contributed by atoms with Crippen LogP contribution >= 0.6 is 0 Å². The monoisotopic (exact) mass is 420 g/mol. The van der Waals surface area contributed by atoms with Gasteiger partial charge in [0.15, 0.2) is 0 Å². The molecule has 3 aromatic carbocycles. The van der Waals surface area contributed by atoms with Crippen LogP contribution in [0.15, 0.2) is 71.6 Å². The van der Waals surface area contributed by atoms with Gasteiger partial charge < -0.3 is 4.90 Å². The summed E-state index contributed by atoms with van der Waals surface area (Å²) in [6, 6.07) is 17.8. The van der Waals surface area contributed by atoms with Crippen LogP contribution in [0.1, 0.15) is 5.56 Å². The van der Waals surface area contributed by atoms with E-state index in [0.29, 0.717) is 0 Å². The molecule has 29 heavy (non-hydrogen) atoms. The van der Waals surface area contributed by atoms with Crippen molar-refractivity contribution in [1.82, 2.24) is 4.31 Å². The highest BCUT2D eigenvalue weighted by Crippen LogP contribution is 2.37. The number of fused-ring (bicyclic) bond motifs is 1. The second-order valence-electron chi connectivity index (χ2n) is 6.91. The van der Waals surface area contributed by atoms with Crippen LogP contribution in [0.25, 0.3) is 10.8 Å². The number of piperazine rings is 1. The van der Waals surface area contributed by atoms with Gasteiger partial charge >= 0.3 is 6.18 Å². The van der Waals surface area contributed by atoms with Gasteiger partial charge in [-0.1, -0.05) is 42.5 Å². The first-order valence-corrected chi connectivity index (χ1v) is 10.6. The lowest BCUT2D eigenvalue weighted by Gasteiger charge is -2.36. The molecule has 1 aliphatic rings. The van der Waals surface area contributed by atoms with Gasteiger partial charge in [0, 0.05) is 31.9 Å². The average Bonchev–Trinajstić information content (AvgIpc) is 2.73. The predicted molar refractivity (Wildman–Crippen MR) is 106 cm³/mol. The highest BCUT2D eigenvalue weighted by molar-refractivity contribution is 7.89. The maximum atomic E-state index is 13.3. The molecule has 8 heteroatoms. The standard InChI is InChI=1S/C21H19F3N2O2S/c22-21(23,24)19-7-3-4-8-20(19)25-11-13-26(14-12-25)29(27,28)18-10-9-16-5-1-2-6-17(16)15-18/h1-10,15H,11-14H2. The van der Waals surface area contributed by atoms with Gasteiger partial charge in [0.1, 0.15) is 0 Å². The second-order valence-corrected chi connectivity index (χ2v) is 8.85. The maximum absolute atomic E-state index is 13.3. The van der Waals surface area contributed by atoms with Crippen LogP contribution in [-0.4, -0.2) is 38.9 Å². The molecular weight excluding hydrogens is 401 g/mol. The highest BCUT2D eigenvalue weighted by atomic mass is 32.2. The SMILES string of the molecule is O=S(=O)(c1ccc2ccccc2c1)N1CCN(c2ccccc2C(F)(F)F)CC1. The lowest BCUT2D eigenvalue weighted by atomic mass is 10.1. The number of alkyl halides is 3. The molecule has 0 bridgehead atoms. The topological polar surface area (TPSA) is 40.6 Å². The Morgan fingerprint density at radius 1 is 0.759 bits per heavy atom. The number of hydrogen-bond donors (Lipinski definition) is 0. The minimum absolute atomic E-state index is 0.0859. The zero-order chi connectivity index (χ0) is 20.6. The third kappa shape index (κ3) is 3.82. The van der Waals surface area contributed by atoms with Crippen molar-refractivity contribution < 1.29 is 21.6 Å². The molecule has 0 spiro atoms. The zero-order valence-corrected chi connectivity index (χ0v) is 16.2. The molecule has 0 radical (unpaired) electrons. The minimum atomic E-state index is -4.45. The molecule has 152 valence electrons. The normalized spacial score (nSPS) is 16.3. The first kappa shape index (κ1) is 19.7. The second kappa shape index (κ2) is 7.35. The van der Waals surface area contributed by atoms with E-state index < -0.39 is 21.8 Å². The molecule has 0 saturated carbocycles. The number of anilines is 1. The lowest BCUT2D eigenvalue weighted by molar-refractivity contribution is -0.137. The molecule has 1 aliphatic heterocycles. The number of rotatable bonds is 3. The van der Waals surface area contributed by atoms with Crippen molar-refractivity contribution in [1.29, 1.82) is 0 Å². The Morgan fingerprint density at radius 3 is 2.07 bits per heavy atom. The summed E-state index contributed by atoms with van der Waals surface area (Å²) in [6.45, 7) is 0.641. The van der Waals surface area contributed by atoms with Crippen LogP contribution in [-0.2, 0) is 16.2 Å². The van der Waals surface area contributed by atoms with E-state index in [1.54, 1.807) is 29.2 Å². The Hall–Kier alpha value is -2.58. The Bertz CT molecular complexity index is 1140. The summed E-state index contributed by atoms with van der Waals surface area (Å²) < 4.78 is 67.2. The summed E-state index contributed by atoms with van der Waals surface area (Å²) in [7, 11) is -3.71. The predicted octanol–water partition coefficient (Wildman–Crippen LogP) is 4.37. The van der Waals surface area contributed by atoms with E-state index in [-0.39, 0.29) is 36.8 Å². The van der Waals surface area contributed by atoms with Crippen molar-refractivity contribution in [3.8, 4) is 0 Å². The molecule has 0 N–H and O–H groups in total. The smallest absolute Gasteiger partial charge is 0.368 e. The third-order valence-electron chi connectivity index (χ3n) is 5.15. The van der Waals surface area contributed by atoms with Crippen molar-refractivity contribution >= 4 is 26.5 Å². The maximum Gasteiger partial charge on any atom is 0.418 e. The van der Waals surface area contributed by atoms with Crippen molar-refractivity contribution in [2.45, 2.75) is 11.1 Å². The fourth-order valence-corrected chi connectivity index (χ4v) is 5.09. The van der Waals surface area contributed by atoms with Crippen LogP contribution < -0.4 is 4.90 Å². The Kier molecular flexibility index (Phi) is 5.00. The average molecular weight is 420 g/mol. The molecule has 0 atom stereocenters. The van der Waals surface area contributed by atoms with Crippen molar-refractivity contribution in [2.75, 3.05) is 31.1 Å². The summed E-state index contributed by atoms with van der Waals surface area (Å²) in [5, 5.41) is 1.77. The van der Waals surface area contributed by atoms with Gasteiger partial charge in [0.25, 0.3) is 0 Å². The van der Waals surface area contributed by atoms with Crippen LogP contribution in [0.3, 0.4) is 0 Å². The van der Waals surface area contributed by atoms with Crippen LogP contribution in [0.4, 0.5) is 18.9 Å². The Morgan fingerprint density at radius 2 is 1.38 bits per heavy atom. The van der Waals surface area contributed by atoms with Gasteiger partial charge in [-0.2, -0.15) is 17.5 Å². The first-order chi connectivity index (χ1) is 13.8.